The number of nitrogens with one attached hydrogen (secondary N) is 1. The van der Waals surface area contributed by atoms with Crippen molar-refractivity contribution in [2.45, 2.75) is 19.4 Å². The van der Waals surface area contributed by atoms with Gasteiger partial charge in [0.15, 0.2) is 5.76 Å². The Morgan fingerprint density at radius 3 is 2.62 bits per heavy atom. The van der Waals surface area contributed by atoms with Crippen LogP contribution in [-0.2, 0) is 11.3 Å². The molecule has 2 aromatic heterocycles. The Morgan fingerprint density at radius 1 is 1.27 bits per heavy atom. The lowest BCUT2D eigenvalue weighted by molar-refractivity contribution is -0.126. The number of carbonyl (C=O) groups is 2. The second kappa shape index (κ2) is 8.03. The van der Waals surface area contributed by atoms with Gasteiger partial charge in [-0.15, -0.1) is 0 Å². The van der Waals surface area contributed by atoms with E-state index in [0.717, 1.165) is 11.4 Å². The van der Waals surface area contributed by atoms with Crippen LogP contribution in [0.15, 0.2) is 41.1 Å². The minimum atomic E-state index is -0.110. The summed E-state index contributed by atoms with van der Waals surface area (Å²) in [5, 5.41) is 2.97. The van der Waals surface area contributed by atoms with E-state index in [1.165, 1.54) is 6.26 Å². The van der Waals surface area contributed by atoms with Crippen molar-refractivity contribution < 1.29 is 14.0 Å². The molecule has 138 valence electrons. The monoisotopic (exact) mass is 356 g/mol. The minimum Gasteiger partial charge on any atom is -0.459 e. The molecule has 0 saturated carbocycles. The maximum Gasteiger partial charge on any atom is 0.289 e. The summed E-state index contributed by atoms with van der Waals surface area (Å²) in [5.41, 5.74) is 0.967. The van der Waals surface area contributed by atoms with E-state index >= 15 is 0 Å². The SMILES string of the molecule is CN(C)c1ccc(CNC(=O)C2CCN(C(=O)c3ccco3)CC2)cn1. The first-order valence-electron chi connectivity index (χ1n) is 8.77. The molecule has 7 nitrogen and oxygen atoms in total. The molecule has 1 fully saturated rings. The maximum absolute atomic E-state index is 12.4. The summed E-state index contributed by atoms with van der Waals surface area (Å²) >= 11 is 0. The van der Waals surface area contributed by atoms with Gasteiger partial charge < -0.3 is 19.5 Å². The quantitative estimate of drug-likeness (QED) is 0.885. The number of aromatic nitrogens is 1. The second-order valence-electron chi connectivity index (χ2n) is 6.68. The molecule has 0 atom stereocenters. The average Bonchev–Trinajstić information content (AvgIpc) is 3.20. The number of furan rings is 1. The summed E-state index contributed by atoms with van der Waals surface area (Å²) in [6.07, 6.45) is 4.60. The van der Waals surface area contributed by atoms with E-state index in [4.69, 9.17) is 4.42 Å². The number of carbonyl (C=O) groups excluding carboxylic acids is 2. The first-order chi connectivity index (χ1) is 12.5. The van der Waals surface area contributed by atoms with Gasteiger partial charge in [-0.05, 0) is 36.6 Å². The topological polar surface area (TPSA) is 78.7 Å². The van der Waals surface area contributed by atoms with Crippen molar-refractivity contribution in [2.75, 3.05) is 32.1 Å². The Labute approximate surface area is 153 Å². The number of anilines is 1. The van der Waals surface area contributed by atoms with Crippen molar-refractivity contribution in [3.8, 4) is 0 Å². The van der Waals surface area contributed by atoms with Crippen molar-refractivity contribution in [2.24, 2.45) is 5.92 Å². The van der Waals surface area contributed by atoms with Gasteiger partial charge in [0, 0.05) is 45.8 Å². The van der Waals surface area contributed by atoms with Gasteiger partial charge in [-0.25, -0.2) is 4.98 Å². The molecule has 7 heteroatoms. The summed E-state index contributed by atoms with van der Waals surface area (Å²) in [6.45, 7) is 1.60. The molecule has 0 unspecified atom stereocenters. The van der Waals surface area contributed by atoms with Crippen LogP contribution < -0.4 is 10.2 Å². The number of amides is 2. The van der Waals surface area contributed by atoms with Crippen molar-refractivity contribution in [1.29, 1.82) is 0 Å². The zero-order chi connectivity index (χ0) is 18.5. The Kier molecular flexibility index (Phi) is 5.55. The summed E-state index contributed by atoms with van der Waals surface area (Å²) < 4.78 is 5.15. The van der Waals surface area contributed by atoms with Crippen LogP contribution in [0.5, 0.6) is 0 Å². The molecule has 1 saturated heterocycles. The van der Waals surface area contributed by atoms with E-state index in [9.17, 15) is 9.59 Å². The van der Waals surface area contributed by atoms with Crippen molar-refractivity contribution in [1.82, 2.24) is 15.2 Å². The van der Waals surface area contributed by atoms with Gasteiger partial charge in [0.2, 0.25) is 5.91 Å². The van der Waals surface area contributed by atoms with Crippen molar-refractivity contribution in [3.63, 3.8) is 0 Å². The van der Waals surface area contributed by atoms with Gasteiger partial charge in [-0.3, -0.25) is 9.59 Å². The normalized spacial score (nSPS) is 14.9. The molecule has 1 aliphatic rings. The third-order valence-electron chi connectivity index (χ3n) is 4.62. The molecule has 26 heavy (non-hydrogen) atoms. The Morgan fingerprint density at radius 2 is 2.04 bits per heavy atom. The largest absolute Gasteiger partial charge is 0.459 e. The van der Waals surface area contributed by atoms with Gasteiger partial charge in [0.05, 0.1) is 6.26 Å². The number of pyridine rings is 1. The first-order valence-corrected chi connectivity index (χ1v) is 8.77. The molecule has 0 aliphatic carbocycles. The molecular formula is C19H24N4O3. The lowest BCUT2D eigenvalue weighted by Gasteiger charge is -2.30. The lowest BCUT2D eigenvalue weighted by Crippen LogP contribution is -2.42. The first kappa shape index (κ1) is 18.0. The number of likely N-dealkylation sites (tertiary alicyclic amines) is 1. The third-order valence-corrected chi connectivity index (χ3v) is 4.62. The smallest absolute Gasteiger partial charge is 0.289 e. The Balaban J connectivity index is 1.45. The van der Waals surface area contributed by atoms with Crippen LogP contribution in [0.3, 0.4) is 0 Å². The van der Waals surface area contributed by atoms with Gasteiger partial charge in [0.25, 0.3) is 5.91 Å². The van der Waals surface area contributed by atoms with E-state index in [2.05, 4.69) is 10.3 Å². The number of piperidine rings is 1. The fraction of sp³-hybridized carbons (Fsp3) is 0.421. The molecule has 1 aliphatic heterocycles. The minimum absolute atomic E-state index is 0.0341. The van der Waals surface area contributed by atoms with E-state index in [-0.39, 0.29) is 17.7 Å². The number of rotatable bonds is 5. The van der Waals surface area contributed by atoms with Crippen LogP contribution in [-0.4, -0.2) is 48.9 Å². The summed E-state index contributed by atoms with van der Waals surface area (Å²) in [4.78, 5) is 32.7. The standard InChI is InChI=1S/C19H24N4O3/c1-22(2)17-6-5-14(12-20-17)13-21-18(24)15-7-9-23(10-8-15)19(25)16-4-3-11-26-16/h3-6,11-12,15H,7-10,13H2,1-2H3,(H,21,24). The highest BCUT2D eigenvalue weighted by atomic mass is 16.3. The number of nitrogens with zero attached hydrogens (tertiary/aromatic N) is 3. The summed E-state index contributed by atoms with van der Waals surface area (Å²) in [5.74, 6) is 1.09. The Hall–Kier alpha value is -2.83. The molecule has 3 rings (SSSR count). The predicted molar refractivity (Wildman–Crippen MR) is 97.7 cm³/mol. The second-order valence-corrected chi connectivity index (χ2v) is 6.68. The molecule has 0 aromatic carbocycles. The van der Waals surface area contributed by atoms with E-state index in [1.54, 1.807) is 23.2 Å². The van der Waals surface area contributed by atoms with Gasteiger partial charge in [-0.2, -0.15) is 0 Å². The van der Waals surface area contributed by atoms with Crippen molar-refractivity contribution >= 4 is 17.6 Å². The number of hydrogen-bond acceptors (Lipinski definition) is 5. The molecule has 0 radical (unpaired) electrons. The highest BCUT2D eigenvalue weighted by Crippen LogP contribution is 2.19. The maximum atomic E-state index is 12.4. The zero-order valence-corrected chi connectivity index (χ0v) is 15.1. The van der Waals surface area contributed by atoms with Gasteiger partial charge >= 0.3 is 0 Å². The van der Waals surface area contributed by atoms with Gasteiger partial charge in [-0.1, -0.05) is 6.07 Å². The van der Waals surface area contributed by atoms with Crippen LogP contribution in [0.1, 0.15) is 29.0 Å². The van der Waals surface area contributed by atoms with Crippen LogP contribution in [0.25, 0.3) is 0 Å². The summed E-state index contributed by atoms with van der Waals surface area (Å²) in [7, 11) is 3.87. The van der Waals surface area contributed by atoms with Crippen LogP contribution in [0.2, 0.25) is 0 Å². The van der Waals surface area contributed by atoms with E-state index in [1.807, 2.05) is 31.1 Å². The average molecular weight is 356 g/mol. The number of hydrogen-bond donors (Lipinski definition) is 1. The molecular weight excluding hydrogens is 332 g/mol. The van der Waals surface area contributed by atoms with Crippen molar-refractivity contribution in [3.05, 3.63) is 48.0 Å². The van der Waals surface area contributed by atoms with Gasteiger partial charge in [0.1, 0.15) is 5.82 Å². The Bertz CT molecular complexity index is 733. The third kappa shape index (κ3) is 4.22. The molecule has 2 amide bonds. The molecule has 3 heterocycles. The molecule has 2 aromatic rings. The molecule has 1 N–H and O–H groups in total. The lowest BCUT2D eigenvalue weighted by atomic mass is 9.95. The summed E-state index contributed by atoms with van der Waals surface area (Å²) in [6, 6.07) is 7.26. The molecule has 0 bridgehead atoms. The van der Waals surface area contributed by atoms with Crippen LogP contribution in [0.4, 0.5) is 5.82 Å². The van der Waals surface area contributed by atoms with Crippen LogP contribution in [0, 0.1) is 5.92 Å². The van der Waals surface area contributed by atoms with E-state index in [0.29, 0.717) is 38.2 Å². The van der Waals surface area contributed by atoms with E-state index < -0.39 is 0 Å². The predicted octanol–water partition coefficient (Wildman–Crippen LogP) is 1.91. The molecule has 0 spiro atoms. The fourth-order valence-corrected chi connectivity index (χ4v) is 3.02. The highest BCUT2D eigenvalue weighted by molar-refractivity contribution is 5.91. The van der Waals surface area contributed by atoms with Crippen LogP contribution >= 0.6 is 0 Å². The fourth-order valence-electron chi connectivity index (χ4n) is 3.02. The zero-order valence-electron chi connectivity index (χ0n) is 15.1. The highest BCUT2D eigenvalue weighted by Gasteiger charge is 2.28.